The molecule has 1 fully saturated rings. The monoisotopic (exact) mass is 187 g/mol. The van der Waals surface area contributed by atoms with E-state index in [0.717, 1.165) is 0 Å². The number of carbonyl (C=O) groups is 2. The number of nitrogens with one attached hydrogen (secondary N) is 1. The van der Waals surface area contributed by atoms with Crippen molar-refractivity contribution in [3.63, 3.8) is 0 Å². The van der Waals surface area contributed by atoms with Crippen LogP contribution in [0.25, 0.3) is 0 Å². The fraction of sp³-hybridized carbons (Fsp3) is 0.750. The largest absolute Gasteiger partial charge is 0.480 e. The van der Waals surface area contributed by atoms with Crippen molar-refractivity contribution < 1.29 is 19.4 Å². The van der Waals surface area contributed by atoms with Crippen molar-refractivity contribution in [2.75, 3.05) is 13.2 Å². The van der Waals surface area contributed by atoms with Gasteiger partial charge in [0.2, 0.25) is 5.91 Å². The summed E-state index contributed by atoms with van der Waals surface area (Å²) in [6.45, 7) is 1.97. The maximum Gasteiger partial charge on any atom is 0.322 e. The second-order valence-electron chi connectivity index (χ2n) is 3.19. The first kappa shape index (κ1) is 9.98. The lowest BCUT2D eigenvalue weighted by atomic mass is 10.1. The van der Waals surface area contributed by atoms with Crippen LogP contribution in [0.2, 0.25) is 0 Å². The normalized spacial score (nSPS) is 27.2. The molecule has 0 bridgehead atoms. The topological polar surface area (TPSA) is 75.6 Å². The van der Waals surface area contributed by atoms with Crippen LogP contribution < -0.4 is 5.32 Å². The Balaban J connectivity index is 2.27. The highest BCUT2D eigenvalue weighted by Gasteiger charge is 2.28. The molecule has 0 aliphatic carbocycles. The fourth-order valence-corrected chi connectivity index (χ4v) is 1.31. The number of carboxylic acid groups (broad SMARTS) is 1. The summed E-state index contributed by atoms with van der Waals surface area (Å²) in [5.41, 5.74) is 0. The van der Waals surface area contributed by atoms with Crippen molar-refractivity contribution in [3.8, 4) is 0 Å². The number of hydrogen-bond donors (Lipinski definition) is 2. The van der Waals surface area contributed by atoms with Gasteiger partial charge in [-0.1, -0.05) is 0 Å². The lowest BCUT2D eigenvalue weighted by Gasteiger charge is -2.06. The SMILES string of the molecule is CC1CC(C(=O)NCC(=O)O)CO1. The molecule has 1 rings (SSSR count). The van der Waals surface area contributed by atoms with Crippen molar-refractivity contribution in [3.05, 3.63) is 0 Å². The van der Waals surface area contributed by atoms with E-state index in [9.17, 15) is 9.59 Å². The molecule has 2 atom stereocenters. The van der Waals surface area contributed by atoms with E-state index in [0.29, 0.717) is 13.0 Å². The second-order valence-corrected chi connectivity index (χ2v) is 3.19. The van der Waals surface area contributed by atoms with Gasteiger partial charge in [-0.3, -0.25) is 9.59 Å². The molecule has 0 radical (unpaired) electrons. The first-order valence-electron chi connectivity index (χ1n) is 4.20. The molecule has 1 amide bonds. The van der Waals surface area contributed by atoms with Crippen molar-refractivity contribution in [2.24, 2.45) is 5.92 Å². The number of amides is 1. The van der Waals surface area contributed by atoms with Crippen LogP contribution in [-0.2, 0) is 14.3 Å². The van der Waals surface area contributed by atoms with Gasteiger partial charge in [0.25, 0.3) is 0 Å². The van der Waals surface area contributed by atoms with E-state index < -0.39 is 5.97 Å². The molecule has 1 saturated heterocycles. The first-order valence-corrected chi connectivity index (χ1v) is 4.20. The third-order valence-corrected chi connectivity index (χ3v) is 1.98. The lowest BCUT2D eigenvalue weighted by molar-refractivity contribution is -0.138. The summed E-state index contributed by atoms with van der Waals surface area (Å²) in [4.78, 5) is 21.4. The van der Waals surface area contributed by atoms with Crippen LogP contribution in [0.1, 0.15) is 13.3 Å². The van der Waals surface area contributed by atoms with Crippen LogP contribution in [0.4, 0.5) is 0 Å². The molecule has 2 N–H and O–H groups in total. The van der Waals surface area contributed by atoms with E-state index in [1.54, 1.807) is 0 Å². The maximum atomic E-state index is 11.2. The molecule has 2 unspecified atom stereocenters. The minimum atomic E-state index is -1.03. The number of carbonyl (C=O) groups excluding carboxylic acids is 1. The molecular formula is C8H13NO4. The fourth-order valence-electron chi connectivity index (χ4n) is 1.31. The van der Waals surface area contributed by atoms with Crippen molar-refractivity contribution in [1.29, 1.82) is 0 Å². The number of rotatable bonds is 3. The summed E-state index contributed by atoms with van der Waals surface area (Å²) in [6, 6.07) is 0. The number of aliphatic carboxylic acids is 1. The number of carboxylic acids is 1. The van der Waals surface area contributed by atoms with Gasteiger partial charge in [0.1, 0.15) is 6.54 Å². The van der Waals surface area contributed by atoms with Gasteiger partial charge >= 0.3 is 5.97 Å². The van der Waals surface area contributed by atoms with Gasteiger partial charge in [-0.25, -0.2) is 0 Å². The van der Waals surface area contributed by atoms with Crippen molar-refractivity contribution >= 4 is 11.9 Å². The third-order valence-electron chi connectivity index (χ3n) is 1.98. The zero-order valence-corrected chi connectivity index (χ0v) is 7.45. The summed E-state index contributed by atoms with van der Waals surface area (Å²) in [6.07, 6.45) is 0.770. The third kappa shape index (κ3) is 3.02. The van der Waals surface area contributed by atoms with E-state index in [1.165, 1.54) is 0 Å². The smallest absolute Gasteiger partial charge is 0.322 e. The Morgan fingerprint density at radius 2 is 2.31 bits per heavy atom. The molecule has 5 heteroatoms. The minimum Gasteiger partial charge on any atom is -0.480 e. The molecule has 0 aromatic carbocycles. The number of hydrogen-bond acceptors (Lipinski definition) is 3. The Morgan fingerprint density at radius 1 is 1.62 bits per heavy atom. The quantitative estimate of drug-likeness (QED) is 0.631. The zero-order valence-electron chi connectivity index (χ0n) is 7.45. The Kier molecular flexibility index (Phi) is 3.25. The van der Waals surface area contributed by atoms with E-state index in [4.69, 9.17) is 9.84 Å². The van der Waals surface area contributed by atoms with Crippen LogP contribution in [0.5, 0.6) is 0 Å². The van der Waals surface area contributed by atoms with Gasteiger partial charge in [0, 0.05) is 0 Å². The van der Waals surface area contributed by atoms with Crippen LogP contribution in [0, 0.1) is 5.92 Å². The molecule has 1 aliphatic rings. The molecule has 1 aliphatic heterocycles. The molecule has 5 nitrogen and oxygen atoms in total. The van der Waals surface area contributed by atoms with Gasteiger partial charge in [0.15, 0.2) is 0 Å². The molecule has 1 heterocycles. The van der Waals surface area contributed by atoms with Crippen LogP contribution in [0.15, 0.2) is 0 Å². The zero-order chi connectivity index (χ0) is 9.84. The second kappa shape index (κ2) is 4.23. The molecular weight excluding hydrogens is 174 g/mol. The Bertz CT molecular complexity index is 216. The van der Waals surface area contributed by atoms with Crippen LogP contribution >= 0.6 is 0 Å². The first-order chi connectivity index (χ1) is 6.09. The summed E-state index contributed by atoms with van der Waals surface area (Å²) in [7, 11) is 0. The Hall–Kier alpha value is -1.10. The summed E-state index contributed by atoms with van der Waals surface area (Å²) < 4.78 is 5.19. The summed E-state index contributed by atoms with van der Waals surface area (Å²) in [5.74, 6) is -1.44. The van der Waals surface area contributed by atoms with Crippen LogP contribution in [-0.4, -0.2) is 36.2 Å². The van der Waals surface area contributed by atoms with Crippen molar-refractivity contribution in [1.82, 2.24) is 5.32 Å². The van der Waals surface area contributed by atoms with Gasteiger partial charge in [0.05, 0.1) is 18.6 Å². The highest BCUT2D eigenvalue weighted by atomic mass is 16.5. The highest BCUT2D eigenvalue weighted by molar-refractivity contribution is 5.83. The maximum absolute atomic E-state index is 11.2. The van der Waals surface area contributed by atoms with Crippen LogP contribution in [0.3, 0.4) is 0 Å². The van der Waals surface area contributed by atoms with E-state index in [-0.39, 0.29) is 24.5 Å². The predicted octanol–water partition coefficient (Wildman–Crippen LogP) is -0.388. The van der Waals surface area contributed by atoms with E-state index in [2.05, 4.69) is 5.32 Å². The van der Waals surface area contributed by atoms with E-state index in [1.807, 2.05) is 6.92 Å². The summed E-state index contributed by atoms with van der Waals surface area (Å²) >= 11 is 0. The van der Waals surface area contributed by atoms with Gasteiger partial charge < -0.3 is 15.2 Å². The molecule has 0 saturated carbocycles. The Labute approximate surface area is 76.1 Å². The average molecular weight is 187 g/mol. The Morgan fingerprint density at radius 3 is 2.77 bits per heavy atom. The molecule has 0 spiro atoms. The van der Waals surface area contributed by atoms with Crippen molar-refractivity contribution in [2.45, 2.75) is 19.4 Å². The average Bonchev–Trinajstić information content (AvgIpc) is 2.47. The number of ether oxygens (including phenoxy) is 1. The molecule has 13 heavy (non-hydrogen) atoms. The molecule has 0 aromatic rings. The van der Waals surface area contributed by atoms with Gasteiger partial charge in [-0.2, -0.15) is 0 Å². The summed E-state index contributed by atoms with van der Waals surface area (Å²) in [5, 5.41) is 10.6. The van der Waals surface area contributed by atoms with E-state index >= 15 is 0 Å². The molecule has 0 aromatic heterocycles. The standard InChI is InChI=1S/C8H13NO4/c1-5-2-6(4-13-5)8(12)9-3-7(10)11/h5-6H,2-4H2,1H3,(H,9,12)(H,10,11). The van der Waals surface area contributed by atoms with Gasteiger partial charge in [-0.05, 0) is 13.3 Å². The lowest BCUT2D eigenvalue weighted by Crippen LogP contribution is -2.34. The predicted molar refractivity (Wildman–Crippen MR) is 44.2 cm³/mol. The minimum absolute atomic E-state index is 0.0978. The van der Waals surface area contributed by atoms with Gasteiger partial charge in [-0.15, -0.1) is 0 Å². The highest BCUT2D eigenvalue weighted by Crippen LogP contribution is 2.18. The molecule has 74 valence electrons.